The van der Waals surface area contributed by atoms with Crippen molar-refractivity contribution in [3.8, 4) is 0 Å². The van der Waals surface area contributed by atoms with Crippen molar-refractivity contribution < 1.29 is 4.39 Å². The van der Waals surface area contributed by atoms with Crippen molar-refractivity contribution in [3.63, 3.8) is 0 Å². The van der Waals surface area contributed by atoms with Crippen molar-refractivity contribution in [1.29, 1.82) is 0 Å². The van der Waals surface area contributed by atoms with Crippen LogP contribution in [0.5, 0.6) is 0 Å². The molecule has 0 fully saturated rings. The molecule has 2 aromatic rings. The Hall–Kier alpha value is -1.71. The van der Waals surface area contributed by atoms with E-state index in [0.717, 1.165) is 12.0 Å². The lowest BCUT2D eigenvalue weighted by atomic mass is 9.95. The number of hydrogen-bond donors (Lipinski definition) is 2. The Kier molecular flexibility index (Phi) is 4.30. The monoisotopic (exact) mass is 258 g/mol. The van der Waals surface area contributed by atoms with E-state index in [-0.39, 0.29) is 11.9 Å². The van der Waals surface area contributed by atoms with Crippen LogP contribution in [0.15, 0.2) is 42.5 Å². The zero-order valence-corrected chi connectivity index (χ0v) is 11.3. The summed E-state index contributed by atoms with van der Waals surface area (Å²) in [6.07, 6.45) is 0.786. The molecule has 0 aromatic heterocycles. The lowest BCUT2D eigenvalue weighted by Crippen LogP contribution is -2.29. The SMILES string of the molecule is Cc1cc(C(Cc2ccccc2C)NN)ccc1F. The first-order chi connectivity index (χ1) is 9.11. The largest absolute Gasteiger partial charge is 0.271 e. The van der Waals surface area contributed by atoms with E-state index in [1.165, 1.54) is 17.2 Å². The van der Waals surface area contributed by atoms with Gasteiger partial charge in [-0.1, -0.05) is 36.4 Å². The number of nitrogens with two attached hydrogens (primary N) is 1. The Morgan fingerprint density at radius 1 is 1.11 bits per heavy atom. The standard InChI is InChI=1S/C16H19FN2/c1-11-5-3-4-6-13(11)10-16(19-18)14-7-8-15(17)12(2)9-14/h3-9,16,19H,10,18H2,1-2H3. The molecule has 0 aliphatic heterocycles. The van der Waals surface area contributed by atoms with Gasteiger partial charge in [0.1, 0.15) is 5.82 Å². The Labute approximate surface area is 113 Å². The van der Waals surface area contributed by atoms with Gasteiger partial charge >= 0.3 is 0 Å². The molecule has 100 valence electrons. The summed E-state index contributed by atoms with van der Waals surface area (Å²) >= 11 is 0. The third-order valence-corrected chi connectivity index (χ3v) is 3.47. The summed E-state index contributed by atoms with van der Waals surface area (Å²) in [4.78, 5) is 0. The van der Waals surface area contributed by atoms with Crippen LogP contribution in [0, 0.1) is 19.7 Å². The molecule has 0 spiro atoms. The van der Waals surface area contributed by atoms with Gasteiger partial charge in [0.05, 0.1) is 6.04 Å². The van der Waals surface area contributed by atoms with Gasteiger partial charge in [0, 0.05) is 0 Å². The molecule has 3 N–H and O–H groups in total. The molecule has 19 heavy (non-hydrogen) atoms. The average molecular weight is 258 g/mol. The highest BCUT2D eigenvalue weighted by Crippen LogP contribution is 2.21. The average Bonchev–Trinajstić information content (AvgIpc) is 2.41. The van der Waals surface area contributed by atoms with E-state index < -0.39 is 0 Å². The smallest absolute Gasteiger partial charge is 0.126 e. The second-order valence-corrected chi connectivity index (χ2v) is 4.86. The van der Waals surface area contributed by atoms with E-state index in [2.05, 4.69) is 24.5 Å². The number of rotatable bonds is 4. The summed E-state index contributed by atoms with van der Waals surface area (Å²) < 4.78 is 13.3. The van der Waals surface area contributed by atoms with Gasteiger partial charge in [-0.05, 0) is 48.6 Å². The predicted molar refractivity (Wildman–Crippen MR) is 76.1 cm³/mol. The van der Waals surface area contributed by atoms with Gasteiger partial charge in [-0.25, -0.2) is 4.39 Å². The fourth-order valence-electron chi connectivity index (χ4n) is 2.22. The minimum Gasteiger partial charge on any atom is -0.271 e. The number of hydrazine groups is 1. The van der Waals surface area contributed by atoms with Crippen LogP contribution in [-0.4, -0.2) is 0 Å². The predicted octanol–water partition coefficient (Wildman–Crippen LogP) is 3.19. The van der Waals surface area contributed by atoms with E-state index in [9.17, 15) is 4.39 Å². The lowest BCUT2D eigenvalue weighted by Gasteiger charge is -2.18. The highest BCUT2D eigenvalue weighted by Gasteiger charge is 2.12. The molecule has 0 saturated carbocycles. The number of aryl methyl sites for hydroxylation is 2. The fourth-order valence-corrected chi connectivity index (χ4v) is 2.22. The highest BCUT2D eigenvalue weighted by atomic mass is 19.1. The first-order valence-electron chi connectivity index (χ1n) is 6.38. The van der Waals surface area contributed by atoms with Gasteiger partial charge in [-0.2, -0.15) is 0 Å². The third kappa shape index (κ3) is 3.19. The van der Waals surface area contributed by atoms with E-state index in [4.69, 9.17) is 5.84 Å². The molecule has 0 heterocycles. The number of nitrogens with one attached hydrogen (secondary N) is 1. The summed E-state index contributed by atoms with van der Waals surface area (Å²) in [5.74, 6) is 5.46. The summed E-state index contributed by atoms with van der Waals surface area (Å²) in [5.41, 5.74) is 6.94. The molecular formula is C16H19FN2. The zero-order chi connectivity index (χ0) is 13.8. The summed E-state index contributed by atoms with van der Waals surface area (Å²) in [7, 11) is 0. The Bertz CT molecular complexity index is 566. The maximum atomic E-state index is 13.3. The molecule has 0 radical (unpaired) electrons. The van der Waals surface area contributed by atoms with Crippen molar-refractivity contribution in [1.82, 2.24) is 5.43 Å². The number of benzene rings is 2. The minimum absolute atomic E-state index is 0.0135. The van der Waals surface area contributed by atoms with Gasteiger partial charge in [0.15, 0.2) is 0 Å². The van der Waals surface area contributed by atoms with Crippen LogP contribution in [0.2, 0.25) is 0 Å². The van der Waals surface area contributed by atoms with Crippen LogP contribution in [0.25, 0.3) is 0 Å². The van der Waals surface area contributed by atoms with Crippen molar-refractivity contribution in [2.45, 2.75) is 26.3 Å². The number of halogens is 1. The van der Waals surface area contributed by atoms with Crippen LogP contribution in [-0.2, 0) is 6.42 Å². The van der Waals surface area contributed by atoms with Crippen LogP contribution >= 0.6 is 0 Å². The Morgan fingerprint density at radius 3 is 2.47 bits per heavy atom. The zero-order valence-electron chi connectivity index (χ0n) is 11.3. The summed E-state index contributed by atoms with van der Waals surface area (Å²) in [6, 6.07) is 13.3. The molecular weight excluding hydrogens is 239 g/mol. The topological polar surface area (TPSA) is 38.0 Å². The normalized spacial score (nSPS) is 12.4. The van der Waals surface area contributed by atoms with Gasteiger partial charge in [0.25, 0.3) is 0 Å². The van der Waals surface area contributed by atoms with E-state index in [1.807, 2.05) is 18.2 Å². The van der Waals surface area contributed by atoms with Crippen LogP contribution in [0.1, 0.15) is 28.3 Å². The molecule has 3 heteroatoms. The van der Waals surface area contributed by atoms with Crippen molar-refractivity contribution in [3.05, 3.63) is 70.5 Å². The molecule has 0 saturated heterocycles. The summed E-state index contributed by atoms with van der Waals surface area (Å²) in [5, 5.41) is 0. The molecule has 0 aliphatic rings. The first kappa shape index (κ1) is 13.7. The Morgan fingerprint density at radius 2 is 1.84 bits per heavy atom. The lowest BCUT2D eigenvalue weighted by molar-refractivity contribution is 0.547. The molecule has 1 unspecified atom stereocenters. The van der Waals surface area contributed by atoms with Gasteiger partial charge in [-0.3, -0.25) is 11.3 Å². The second kappa shape index (κ2) is 5.95. The van der Waals surface area contributed by atoms with Gasteiger partial charge in [-0.15, -0.1) is 0 Å². The van der Waals surface area contributed by atoms with Crippen molar-refractivity contribution in [2.24, 2.45) is 5.84 Å². The molecule has 2 aromatic carbocycles. The molecule has 2 rings (SSSR count). The van der Waals surface area contributed by atoms with E-state index in [0.29, 0.717) is 5.56 Å². The van der Waals surface area contributed by atoms with Gasteiger partial charge < -0.3 is 0 Å². The van der Waals surface area contributed by atoms with Gasteiger partial charge in [0.2, 0.25) is 0 Å². The highest BCUT2D eigenvalue weighted by molar-refractivity contribution is 5.31. The molecule has 1 atom stereocenters. The third-order valence-electron chi connectivity index (χ3n) is 3.47. The first-order valence-corrected chi connectivity index (χ1v) is 6.38. The maximum absolute atomic E-state index is 13.3. The summed E-state index contributed by atoms with van der Waals surface area (Å²) in [6.45, 7) is 3.85. The van der Waals surface area contributed by atoms with E-state index in [1.54, 1.807) is 13.0 Å². The molecule has 2 nitrogen and oxygen atoms in total. The van der Waals surface area contributed by atoms with Crippen LogP contribution in [0.3, 0.4) is 0 Å². The number of hydrogen-bond acceptors (Lipinski definition) is 2. The quantitative estimate of drug-likeness (QED) is 0.653. The van der Waals surface area contributed by atoms with Crippen LogP contribution in [0.4, 0.5) is 4.39 Å². The second-order valence-electron chi connectivity index (χ2n) is 4.86. The minimum atomic E-state index is -0.185. The maximum Gasteiger partial charge on any atom is 0.126 e. The van der Waals surface area contributed by atoms with Crippen molar-refractivity contribution >= 4 is 0 Å². The molecule has 0 aliphatic carbocycles. The van der Waals surface area contributed by atoms with Crippen LogP contribution < -0.4 is 11.3 Å². The Balaban J connectivity index is 2.25. The molecule has 0 amide bonds. The molecule has 0 bridgehead atoms. The fraction of sp³-hybridized carbons (Fsp3) is 0.250. The van der Waals surface area contributed by atoms with Crippen molar-refractivity contribution in [2.75, 3.05) is 0 Å². The van der Waals surface area contributed by atoms with E-state index >= 15 is 0 Å².